The molecule has 4 rings (SSSR count). The normalized spacial score (nSPS) is 21.2. The molecule has 2 fully saturated rings. The zero-order valence-corrected chi connectivity index (χ0v) is 24.2. The van der Waals surface area contributed by atoms with E-state index in [1.807, 2.05) is 0 Å². The SMILES string of the molecule is CN(C)CCN1CCC[C@H]1CN[C@H](CN[C@@H](Cc1ccccc1)CN1CCN(C)CC1)Cc1ccccc1. The van der Waals surface area contributed by atoms with E-state index in [-0.39, 0.29) is 0 Å². The van der Waals surface area contributed by atoms with Crippen LogP contribution in [0, 0.1) is 0 Å². The first-order chi connectivity index (χ1) is 18.5. The van der Waals surface area contributed by atoms with Gasteiger partial charge in [0.1, 0.15) is 0 Å². The molecule has 2 saturated heterocycles. The van der Waals surface area contributed by atoms with Crippen molar-refractivity contribution in [1.82, 2.24) is 30.2 Å². The van der Waals surface area contributed by atoms with E-state index in [1.165, 1.54) is 63.2 Å². The highest BCUT2D eigenvalue weighted by atomic mass is 15.3. The minimum atomic E-state index is 0.416. The second-order valence-electron chi connectivity index (χ2n) is 11.8. The molecule has 2 aromatic carbocycles. The third-order valence-corrected chi connectivity index (χ3v) is 8.35. The van der Waals surface area contributed by atoms with Crippen LogP contribution in [0.25, 0.3) is 0 Å². The second kappa shape index (κ2) is 15.7. The molecule has 0 spiro atoms. The molecule has 6 nitrogen and oxygen atoms in total. The van der Waals surface area contributed by atoms with Crippen molar-refractivity contribution >= 4 is 0 Å². The molecule has 0 radical (unpaired) electrons. The van der Waals surface area contributed by atoms with Gasteiger partial charge in [-0.25, -0.2) is 0 Å². The summed E-state index contributed by atoms with van der Waals surface area (Å²) in [6.07, 6.45) is 4.77. The maximum atomic E-state index is 4.04. The van der Waals surface area contributed by atoms with Crippen molar-refractivity contribution in [2.24, 2.45) is 0 Å². The molecule has 2 N–H and O–H groups in total. The number of likely N-dealkylation sites (tertiary alicyclic amines) is 1. The summed E-state index contributed by atoms with van der Waals surface area (Å²) in [7, 11) is 6.60. The summed E-state index contributed by atoms with van der Waals surface area (Å²) in [5.74, 6) is 0. The molecule has 210 valence electrons. The molecule has 0 aromatic heterocycles. The Bertz CT molecular complexity index is 883. The molecule has 0 aliphatic carbocycles. The monoisotopic (exact) mass is 520 g/mol. The summed E-state index contributed by atoms with van der Waals surface area (Å²) >= 11 is 0. The fourth-order valence-corrected chi connectivity index (χ4v) is 5.92. The third-order valence-electron chi connectivity index (χ3n) is 8.35. The number of likely N-dealkylation sites (N-methyl/N-ethyl adjacent to an activating group) is 2. The zero-order chi connectivity index (χ0) is 26.6. The molecule has 2 aliphatic heterocycles. The minimum absolute atomic E-state index is 0.416. The molecule has 0 unspecified atom stereocenters. The number of nitrogens with one attached hydrogen (secondary N) is 2. The van der Waals surface area contributed by atoms with Gasteiger partial charge in [-0.2, -0.15) is 0 Å². The van der Waals surface area contributed by atoms with Crippen LogP contribution in [0.3, 0.4) is 0 Å². The molecule has 0 saturated carbocycles. The zero-order valence-electron chi connectivity index (χ0n) is 24.2. The predicted octanol–water partition coefficient (Wildman–Crippen LogP) is 2.66. The summed E-state index contributed by atoms with van der Waals surface area (Å²) < 4.78 is 0. The lowest BCUT2D eigenvalue weighted by Gasteiger charge is -2.35. The lowest BCUT2D eigenvalue weighted by Crippen LogP contribution is -2.53. The lowest BCUT2D eigenvalue weighted by molar-refractivity contribution is 0.141. The summed E-state index contributed by atoms with van der Waals surface area (Å²) in [6, 6.07) is 23.6. The van der Waals surface area contributed by atoms with E-state index in [2.05, 4.69) is 112 Å². The van der Waals surface area contributed by atoms with Crippen molar-refractivity contribution in [3.63, 3.8) is 0 Å². The van der Waals surface area contributed by atoms with Gasteiger partial charge >= 0.3 is 0 Å². The van der Waals surface area contributed by atoms with E-state index in [0.29, 0.717) is 18.1 Å². The highest BCUT2D eigenvalue weighted by molar-refractivity contribution is 5.17. The van der Waals surface area contributed by atoms with E-state index in [1.54, 1.807) is 0 Å². The molecule has 3 atom stereocenters. The van der Waals surface area contributed by atoms with Gasteiger partial charge in [0.15, 0.2) is 0 Å². The van der Waals surface area contributed by atoms with Crippen LogP contribution in [-0.4, -0.2) is 124 Å². The van der Waals surface area contributed by atoms with Crippen molar-refractivity contribution in [2.75, 3.05) is 86.6 Å². The van der Waals surface area contributed by atoms with Crippen LogP contribution < -0.4 is 10.6 Å². The van der Waals surface area contributed by atoms with Gasteiger partial charge in [-0.15, -0.1) is 0 Å². The van der Waals surface area contributed by atoms with Gasteiger partial charge < -0.3 is 20.4 Å². The third kappa shape index (κ3) is 10.1. The molecule has 2 aliphatic rings. The maximum Gasteiger partial charge on any atom is 0.0236 e. The van der Waals surface area contributed by atoms with Gasteiger partial charge in [0.2, 0.25) is 0 Å². The Hall–Kier alpha value is -1.80. The quantitative estimate of drug-likeness (QED) is 0.376. The van der Waals surface area contributed by atoms with E-state index in [0.717, 1.165) is 39.0 Å². The smallest absolute Gasteiger partial charge is 0.0236 e. The first-order valence-electron chi connectivity index (χ1n) is 14.9. The molecule has 0 bridgehead atoms. The van der Waals surface area contributed by atoms with Crippen molar-refractivity contribution in [3.05, 3.63) is 71.8 Å². The average Bonchev–Trinajstić information content (AvgIpc) is 3.38. The first kappa shape index (κ1) is 29.2. The van der Waals surface area contributed by atoms with E-state index >= 15 is 0 Å². The number of piperazine rings is 1. The first-order valence-corrected chi connectivity index (χ1v) is 14.9. The molecule has 38 heavy (non-hydrogen) atoms. The lowest BCUT2D eigenvalue weighted by atomic mass is 10.0. The van der Waals surface area contributed by atoms with Gasteiger partial charge in [-0.05, 0) is 64.5 Å². The molecule has 2 heterocycles. The molecular formula is C32H52N6. The Balaban J connectivity index is 1.37. The van der Waals surface area contributed by atoms with Crippen molar-refractivity contribution in [1.29, 1.82) is 0 Å². The van der Waals surface area contributed by atoms with Crippen molar-refractivity contribution in [3.8, 4) is 0 Å². The molecule has 0 amide bonds. The van der Waals surface area contributed by atoms with E-state index < -0.39 is 0 Å². The van der Waals surface area contributed by atoms with Gasteiger partial charge in [0, 0.05) is 77.0 Å². The minimum Gasteiger partial charge on any atom is -0.311 e. The summed E-state index contributed by atoms with van der Waals surface area (Å²) in [5.41, 5.74) is 2.84. The van der Waals surface area contributed by atoms with Gasteiger partial charge in [0.25, 0.3) is 0 Å². The molecule has 2 aromatic rings. The fraction of sp³-hybridized carbons (Fsp3) is 0.625. The van der Waals surface area contributed by atoms with Gasteiger partial charge in [-0.1, -0.05) is 60.7 Å². The van der Waals surface area contributed by atoms with Crippen molar-refractivity contribution < 1.29 is 0 Å². The largest absolute Gasteiger partial charge is 0.311 e. The van der Waals surface area contributed by atoms with Gasteiger partial charge in [0.05, 0.1) is 0 Å². The van der Waals surface area contributed by atoms with E-state index in [9.17, 15) is 0 Å². The number of hydrogen-bond donors (Lipinski definition) is 2. The highest BCUT2D eigenvalue weighted by Gasteiger charge is 2.25. The van der Waals surface area contributed by atoms with Crippen LogP contribution in [-0.2, 0) is 12.8 Å². The van der Waals surface area contributed by atoms with Crippen LogP contribution in [0.15, 0.2) is 60.7 Å². The fourth-order valence-electron chi connectivity index (χ4n) is 5.92. The number of hydrogen-bond acceptors (Lipinski definition) is 6. The number of nitrogens with zero attached hydrogens (tertiary/aromatic N) is 4. The molecule has 6 heteroatoms. The van der Waals surface area contributed by atoms with E-state index in [4.69, 9.17) is 0 Å². The Morgan fingerprint density at radius 3 is 2.08 bits per heavy atom. The molecular weight excluding hydrogens is 468 g/mol. The summed E-state index contributed by atoms with van der Waals surface area (Å²) in [4.78, 5) is 10.1. The average molecular weight is 521 g/mol. The predicted molar refractivity (Wildman–Crippen MR) is 161 cm³/mol. The summed E-state index contributed by atoms with van der Waals surface area (Å²) in [5, 5.41) is 8.05. The Kier molecular flexibility index (Phi) is 12.1. The number of benzene rings is 2. The summed E-state index contributed by atoms with van der Waals surface area (Å²) in [6.45, 7) is 11.4. The van der Waals surface area contributed by atoms with Crippen LogP contribution >= 0.6 is 0 Å². The van der Waals surface area contributed by atoms with Crippen LogP contribution in [0.1, 0.15) is 24.0 Å². The van der Waals surface area contributed by atoms with Crippen LogP contribution in [0.5, 0.6) is 0 Å². The van der Waals surface area contributed by atoms with Crippen LogP contribution in [0.2, 0.25) is 0 Å². The standard InChI is InChI=1S/C32H52N6/c1-35(2)17-22-38-16-10-15-32(38)26-34-30(23-28-11-6-4-7-12-28)25-33-31(24-29-13-8-5-9-14-29)27-37-20-18-36(3)19-21-37/h4-9,11-14,30-34H,10,15-27H2,1-3H3/t30-,31-,32-/m0/s1. The Morgan fingerprint density at radius 2 is 1.45 bits per heavy atom. The number of rotatable bonds is 15. The van der Waals surface area contributed by atoms with Gasteiger partial charge in [-0.3, -0.25) is 9.80 Å². The van der Waals surface area contributed by atoms with Crippen molar-refractivity contribution in [2.45, 2.75) is 43.8 Å². The topological polar surface area (TPSA) is 37.0 Å². The van der Waals surface area contributed by atoms with Crippen LogP contribution in [0.4, 0.5) is 0 Å². The Labute approximate surface area is 232 Å². The second-order valence-corrected chi connectivity index (χ2v) is 11.8. The maximum absolute atomic E-state index is 4.04. The highest BCUT2D eigenvalue weighted by Crippen LogP contribution is 2.17. The Morgan fingerprint density at radius 1 is 0.816 bits per heavy atom.